The van der Waals surface area contributed by atoms with Gasteiger partial charge in [-0.3, -0.25) is 10.1 Å². The fourth-order valence-electron chi connectivity index (χ4n) is 3.37. The molecule has 4 rings (SSSR count). The molecule has 1 aromatic carbocycles. The van der Waals surface area contributed by atoms with Gasteiger partial charge in [-0.1, -0.05) is 0 Å². The van der Waals surface area contributed by atoms with Crippen molar-refractivity contribution in [2.24, 2.45) is 0 Å². The highest BCUT2D eigenvalue weighted by molar-refractivity contribution is 7.80. The van der Waals surface area contributed by atoms with Crippen molar-refractivity contribution in [3.8, 4) is 28.1 Å². The summed E-state index contributed by atoms with van der Waals surface area (Å²) in [5, 5.41) is 7.96. The molecule has 0 saturated carbocycles. The number of likely N-dealkylation sites (N-methyl/N-ethyl adjacent to an activating group) is 1. The zero-order chi connectivity index (χ0) is 18.6. The third-order valence-corrected chi connectivity index (χ3v) is 5.02. The van der Waals surface area contributed by atoms with E-state index in [4.69, 9.17) is 9.84 Å². The first-order valence-electron chi connectivity index (χ1n) is 9.02. The molecule has 7 heteroatoms. The number of nitrogens with zero attached hydrogens (tertiary/aromatic N) is 4. The SMILES string of the molecule is CN1CCN(c2n[nH]c(-c3ccc(OCS)cc3)c2-c2ccncc2)CC1. The molecule has 1 aliphatic heterocycles. The lowest BCUT2D eigenvalue weighted by atomic mass is 10.0. The van der Waals surface area contributed by atoms with Crippen molar-refractivity contribution < 1.29 is 4.74 Å². The lowest BCUT2D eigenvalue weighted by molar-refractivity contribution is 0.312. The molecule has 0 spiro atoms. The summed E-state index contributed by atoms with van der Waals surface area (Å²) in [5.74, 6) is 2.16. The van der Waals surface area contributed by atoms with Crippen molar-refractivity contribution >= 4 is 18.4 Å². The largest absolute Gasteiger partial charge is 0.483 e. The molecule has 1 N–H and O–H groups in total. The zero-order valence-electron chi connectivity index (χ0n) is 15.3. The average Bonchev–Trinajstić information content (AvgIpc) is 3.15. The van der Waals surface area contributed by atoms with Gasteiger partial charge >= 0.3 is 0 Å². The molecular formula is C20H23N5OS. The number of thiol groups is 1. The van der Waals surface area contributed by atoms with Gasteiger partial charge in [0.1, 0.15) is 11.7 Å². The number of ether oxygens (including phenoxy) is 1. The number of hydrogen-bond donors (Lipinski definition) is 2. The highest BCUT2D eigenvalue weighted by Gasteiger charge is 2.23. The van der Waals surface area contributed by atoms with E-state index in [0.29, 0.717) is 5.94 Å². The molecule has 0 aliphatic carbocycles. The predicted molar refractivity (Wildman–Crippen MR) is 111 cm³/mol. The van der Waals surface area contributed by atoms with Gasteiger partial charge in [-0.05, 0) is 49.0 Å². The first-order valence-corrected chi connectivity index (χ1v) is 9.66. The van der Waals surface area contributed by atoms with E-state index in [1.807, 2.05) is 48.8 Å². The third kappa shape index (κ3) is 3.79. The van der Waals surface area contributed by atoms with Crippen molar-refractivity contribution in [1.82, 2.24) is 20.1 Å². The van der Waals surface area contributed by atoms with E-state index >= 15 is 0 Å². The van der Waals surface area contributed by atoms with Crippen LogP contribution in [-0.2, 0) is 0 Å². The number of piperazine rings is 1. The Morgan fingerprint density at radius 3 is 2.37 bits per heavy atom. The lowest BCUT2D eigenvalue weighted by Crippen LogP contribution is -2.44. The highest BCUT2D eigenvalue weighted by atomic mass is 32.1. The molecule has 6 nitrogen and oxygen atoms in total. The molecule has 1 saturated heterocycles. The van der Waals surface area contributed by atoms with E-state index in [0.717, 1.165) is 60.1 Å². The Balaban J connectivity index is 1.75. The Hall–Kier alpha value is -2.51. The summed E-state index contributed by atoms with van der Waals surface area (Å²) in [4.78, 5) is 8.87. The Labute approximate surface area is 164 Å². The van der Waals surface area contributed by atoms with Crippen LogP contribution in [0.15, 0.2) is 48.8 Å². The number of anilines is 1. The average molecular weight is 382 g/mol. The van der Waals surface area contributed by atoms with Crippen LogP contribution in [0.4, 0.5) is 5.82 Å². The normalized spacial score (nSPS) is 15.1. The molecule has 0 bridgehead atoms. The van der Waals surface area contributed by atoms with Gasteiger partial charge in [0.15, 0.2) is 5.82 Å². The molecule has 0 atom stereocenters. The van der Waals surface area contributed by atoms with Crippen LogP contribution in [0, 0.1) is 0 Å². The van der Waals surface area contributed by atoms with Crippen LogP contribution < -0.4 is 9.64 Å². The van der Waals surface area contributed by atoms with E-state index in [1.165, 1.54) is 0 Å². The summed E-state index contributed by atoms with van der Waals surface area (Å²) in [6, 6.07) is 12.1. The van der Waals surface area contributed by atoms with Crippen LogP contribution in [0.1, 0.15) is 0 Å². The zero-order valence-corrected chi connectivity index (χ0v) is 16.2. The minimum Gasteiger partial charge on any atom is -0.483 e. The van der Waals surface area contributed by atoms with Crippen LogP contribution in [0.2, 0.25) is 0 Å². The van der Waals surface area contributed by atoms with Gasteiger partial charge in [-0.25, -0.2) is 0 Å². The quantitative estimate of drug-likeness (QED) is 0.525. The molecule has 0 unspecified atom stereocenters. The Morgan fingerprint density at radius 1 is 1.00 bits per heavy atom. The van der Waals surface area contributed by atoms with Gasteiger partial charge in [0.25, 0.3) is 0 Å². The van der Waals surface area contributed by atoms with Crippen molar-refractivity contribution in [2.45, 2.75) is 0 Å². The van der Waals surface area contributed by atoms with Gasteiger partial charge in [-0.15, -0.1) is 12.6 Å². The molecule has 2 aromatic heterocycles. The topological polar surface area (TPSA) is 57.3 Å². The van der Waals surface area contributed by atoms with Gasteiger partial charge in [-0.2, -0.15) is 5.10 Å². The molecule has 3 heterocycles. The first-order chi connectivity index (χ1) is 13.3. The Kier molecular flexibility index (Phi) is 5.31. The second-order valence-corrected chi connectivity index (χ2v) is 6.88. The first kappa shape index (κ1) is 17.9. The highest BCUT2D eigenvalue weighted by Crippen LogP contribution is 2.38. The molecule has 3 aromatic rings. The van der Waals surface area contributed by atoms with Gasteiger partial charge in [0, 0.05) is 44.1 Å². The van der Waals surface area contributed by atoms with Crippen molar-refractivity contribution in [1.29, 1.82) is 0 Å². The standard InChI is InChI=1S/C20H23N5OS/c1-24-10-12-25(13-11-24)20-18(15-6-8-21-9-7-15)19(22-23-20)16-2-4-17(5-3-16)26-14-27/h2-9,27H,10-14H2,1H3,(H,22,23). The molecule has 0 amide bonds. The molecule has 0 radical (unpaired) electrons. The van der Waals surface area contributed by atoms with E-state index in [2.05, 4.69) is 39.6 Å². The van der Waals surface area contributed by atoms with Crippen molar-refractivity contribution in [2.75, 3.05) is 44.1 Å². The van der Waals surface area contributed by atoms with Gasteiger partial charge < -0.3 is 14.5 Å². The minimum atomic E-state index is 0.360. The molecular weight excluding hydrogens is 358 g/mol. The summed E-state index contributed by atoms with van der Waals surface area (Å²) < 4.78 is 5.44. The minimum absolute atomic E-state index is 0.360. The number of benzene rings is 1. The van der Waals surface area contributed by atoms with Crippen molar-refractivity contribution in [3.63, 3.8) is 0 Å². The van der Waals surface area contributed by atoms with Gasteiger partial charge in [0.2, 0.25) is 0 Å². The van der Waals surface area contributed by atoms with Crippen LogP contribution >= 0.6 is 12.6 Å². The Morgan fingerprint density at radius 2 is 1.70 bits per heavy atom. The fourth-order valence-corrected chi connectivity index (χ4v) is 3.52. The number of aromatic nitrogens is 3. The monoisotopic (exact) mass is 381 g/mol. The predicted octanol–water partition coefficient (Wildman–Crippen LogP) is 3.16. The summed E-state index contributed by atoms with van der Waals surface area (Å²) in [5.41, 5.74) is 4.30. The van der Waals surface area contributed by atoms with E-state index in [9.17, 15) is 0 Å². The molecule has 140 valence electrons. The number of aromatic amines is 1. The van der Waals surface area contributed by atoms with E-state index in [1.54, 1.807) is 0 Å². The summed E-state index contributed by atoms with van der Waals surface area (Å²) in [6.07, 6.45) is 3.65. The fraction of sp³-hybridized carbons (Fsp3) is 0.300. The summed E-state index contributed by atoms with van der Waals surface area (Å²) >= 11 is 4.11. The smallest absolute Gasteiger partial charge is 0.159 e. The van der Waals surface area contributed by atoms with Crippen LogP contribution in [0.3, 0.4) is 0 Å². The number of nitrogens with one attached hydrogen (secondary N) is 1. The second-order valence-electron chi connectivity index (χ2n) is 6.62. The lowest BCUT2D eigenvalue weighted by Gasteiger charge is -2.33. The molecule has 1 fully saturated rings. The Bertz CT molecular complexity index is 873. The third-order valence-electron chi connectivity index (χ3n) is 4.89. The maximum Gasteiger partial charge on any atom is 0.159 e. The maximum atomic E-state index is 5.44. The number of H-pyrrole nitrogens is 1. The second kappa shape index (κ2) is 8.02. The molecule has 1 aliphatic rings. The summed E-state index contributed by atoms with van der Waals surface area (Å²) in [6.45, 7) is 4.00. The molecule has 27 heavy (non-hydrogen) atoms. The van der Waals surface area contributed by atoms with Crippen molar-refractivity contribution in [3.05, 3.63) is 48.8 Å². The van der Waals surface area contributed by atoms with Crippen LogP contribution in [0.5, 0.6) is 5.75 Å². The number of rotatable bonds is 5. The van der Waals surface area contributed by atoms with Crippen LogP contribution in [-0.4, -0.2) is 59.2 Å². The summed E-state index contributed by atoms with van der Waals surface area (Å²) in [7, 11) is 2.16. The van der Waals surface area contributed by atoms with Crippen LogP contribution in [0.25, 0.3) is 22.4 Å². The van der Waals surface area contributed by atoms with Gasteiger partial charge in [0.05, 0.1) is 11.3 Å². The number of hydrogen-bond acceptors (Lipinski definition) is 6. The van der Waals surface area contributed by atoms with E-state index in [-0.39, 0.29) is 0 Å². The maximum absolute atomic E-state index is 5.44. The number of pyridine rings is 1. The van der Waals surface area contributed by atoms with E-state index < -0.39 is 0 Å².